The van der Waals surface area contributed by atoms with Crippen LogP contribution in [0.5, 0.6) is 5.75 Å². The molecule has 1 atom stereocenters. The summed E-state index contributed by atoms with van der Waals surface area (Å²) in [5.41, 5.74) is 1.13. The lowest BCUT2D eigenvalue weighted by molar-refractivity contribution is -0.274. The van der Waals surface area contributed by atoms with E-state index >= 15 is 0 Å². The molecule has 1 amide bonds. The first-order valence-electron chi connectivity index (χ1n) is 8.33. The van der Waals surface area contributed by atoms with Gasteiger partial charge in [-0.25, -0.2) is 0 Å². The smallest absolute Gasteiger partial charge is 0.406 e. The minimum atomic E-state index is -4.60. The Morgan fingerprint density at radius 3 is 2.26 bits per heavy atom. The van der Waals surface area contributed by atoms with E-state index in [1.54, 1.807) is 11.0 Å². The molecule has 142 valence electrons. The van der Waals surface area contributed by atoms with Crippen molar-refractivity contribution in [3.05, 3.63) is 66.2 Å². The summed E-state index contributed by atoms with van der Waals surface area (Å²) in [5.74, 6) is -0.184. The average molecular weight is 377 g/mol. The molecule has 3 rings (SSSR count). The topological polar surface area (TPSA) is 38.8 Å². The molecule has 27 heavy (non-hydrogen) atoms. The first-order valence-corrected chi connectivity index (χ1v) is 8.33. The highest BCUT2D eigenvalue weighted by Crippen LogP contribution is 2.21. The second kappa shape index (κ2) is 10.0. The summed E-state index contributed by atoms with van der Waals surface area (Å²) in [5, 5.41) is 0. The van der Waals surface area contributed by atoms with E-state index in [2.05, 4.69) is 4.74 Å². The summed E-state index contributed by atoms with van der Waals surface area (Å²) < 4.78 is 43.3. The van der Waals surface area contributed by atoms with E-state index < -0.39 is 6.36 Å². The Bertz CT molecular complexity index is 698. The van der Waals surface area contributed by atoms with Crippen LogP contribution in [-0.2, 0) is 16.1 Å². The van der Waals surface area contributed by atoms with Crippen LogP contribution in [0, 0.1) is 0 Å². The van der Waals surface area contributed by atoms with Crippen molar-refractivity contribution in [3.8, 4) is 5.75 Å². The van der Waals surface area contributed by atoms with Crippen LogP contribution < -0.4 is 4.74 Å². The summed E-state index contributed by atoms with van der Waals surface area (Å²) in [4.78, 5) is 13.5. The van der Waals surface area contributed by atoms with Crippen molar-refractivity contribution in [2.75, 3.05) is 13.2 Å². The normalized spacial score (nSPS) is 17.5. The van der Waals surface area contributed by atoms with Crippen LogP contribution in [0.2, 0.25) is 0 Å². The third-order valence-corrected chi connectivity index (χ3v) is 3.65. The molecule has 1 fully saturated rings. The third-order valence-electron chi connectivity index (χ3n) is 3.65. The van der Waals surface area contributed by atoms with Crippen LogP contribution in [-0.4, -0.2) is 44.2 Å². The van der Waals surface area contributed by atoms with Gasteiger partial charge in [0.1, 0.15) is 20.2 Å². The Morgan fingerprint density at radius 2 is 1.67 bits per heavy atom. The van der Waals surface area contributed by atoms with Gasteiger partial charge in [-0.1, -0.05) is 48.5 Å². The molecule has 0 N–H and O–H groups in total. The molecule has 0 aliphatic carbocycles. The minimum Gasteiger partial charge on any atom is -0.406 e. The molecule has 0 saturated carbocycles. The minimum absolute atomic E-state index is 0.0109. The van der Waals surface area contributed by atoms with Crippen LogP contribution in [0.25, 0.3) is 0 Å². The monoisotopic (exact) mass is 377 g/mol. The summed E-state index contributed by atoms with van der Waals surface area (Å²) in [6, 6.07) is 16.7. The van der Waals surface area contributed by atoms with E-state index in [-0.39, 0.29) is 24.3 Å². The lowest BCUT2D eigenvalue weighted by Gasteiger charge is -2.19. The molecule has 0 bridgehead atoms. The fourth-order valence-electron chi connectivity index (χ4n) is 2.35. The number of amides is 1. The highest BCUT2D eigenvalue weighted by molar-refractivity contribution is 6.11. The average Bonchev–Trinajstić information content (AvgIpc) is 2.78. The summed E-state index contributed by atoms with van der Waals surface area (Å²) in [6.45, 7) is 1.39. The van der Waals surface area contributed by atoms with Crippen LogP contribution >= 0.6 is 0 Å². The van der Waals surface area contributed by atoms with Gasteiger partial charge in [0.25, 0.3) is 0 Å². The molecular formula is C19H19BF3NO3. The molecule has 8 heteroatoms. The zero-order chi connectivity index (χ0) is 19.7. The van der Waals surface area contributed by atoms with Crippen molar-refractivity contribution in [2.45, 2.75) is 25.3 Å². The van der Waals surface area contributed by atoms with E-state index in [0.717, 1.165) is 5.56 Å². The maximum absolute atomic E-state index is 11.7. The van der Waals surface area contributed by atoms with Gasteiger partial charge < -0.3 is 14.4 Å². The molecule has 0 aromatic heterocycles. The molecule has 1 heterocycles. The van der Waals surface area contributed by atoms with Gasteiger partial charge >= 0.3 is 6.36 Å². The van der Waals surface area contributed by atoms with Crippen molar-refractivity contribution >= 4 is 13.8 Å². The predicted molar refractivity (Wildman–Crippen MR) is 95.1 cm³/mol. The number of hydrogen-bond acceptors (Lipinski definition) is 3. The van der Waals surface area contributed by atoms with Crippen molar-refractivity contribution in [1.29, 1.82) is 0 Å². The molecule has 4 nitrogen and oxygen atoms in total. The zero-order valence-corrected chi connectivity index (χ0v) is 14.6. The van der Waals surface area contributed by atoms with Gasteiger partial charge in [-0.2, -0.15) is 0 Å². The van der Waals surface area contributed by atoms with Gasteiger partial charge in [0.05, 0.1) is 0 Å². The number of alkyl halides is 3. The fraction of sp³-hybridized carbons (Fsp3) is 0.316. The summed E-state index contributed by atoms with van der Waals surface area (Å²) in [6.07, 6.45) is -3.90. The molecule has 2 radical (unpaired) electrons. The standard InChI is InChI=1S/C12H14BNO2.C7H5F3O/c13-11-6-7-14(12(15)9-16-11)8-10-4-2-1-3-5-10;8-7(9,10)11-6-4-2-1-3-5-6/h1-5,11H,6-9H2;1-5H. The van der Waals surface area contributed by atoms with Crippen molar-refractivity contribution in [2.24, 2.45) is 0 Å². The highest BCUT2D eigenvalue weighted by Gasteiger charge is 2.30. The lowest BCUT2D eigenvalue weighted by atomic mass is 9.97. The van der Waals surface area contributed by atoms with E-state index in [1.807, 2.05) is 30.3 Å². The Labute approximate surface area is 157 Å². The van der Waals surface area contributed by atoms with Gasteiger partial charge in [0.2, 0.25) is 5.91 Å². The Morgan fingerprint density at radius 1 is 1.07 bits per heavy atom. The number of rotatable bonds is 3. The van der Waals surface area contributed by atoms with E-state index in [9.17, 15) is 18.0 Å². The number of hydrogen-bond donors (Lipinski definition) is 0. The number of carbonyl (C=O) groups is 1. The first-order chi connectivity index (χ1) is 12.8. The van der Waals surface area contributed by atoms with Gasteiger partial charge in [0.15, 0.2) is 0 Å². The second-order valence-corrected chi connectivity index (χ2v) is 5.80. The molecule has 2 aromatic rings. The quantitative estimate of drug-likeness (QED) is 0.769. The molecule has 1 aliphatic heterocycles. The molecule has 1 unspecified atom stereocenters. The Kier molecular flexibility index (Phi) is 7.73. The molecule has 2 aromatic carbocycles. The van der Waals surface area contributed by atoms with Gasteiger partial charge in [-0.15, -0.1) is 13.2 Å². The Hall–Kier alpha value is -2.48. The maximum Gasteiger partial charge on any atom is 0.573 e. The predicted octanol–water partition coefficient (Wildman–Crippen LogP) is 3.52. The number of ether oxygens (including phenoxy) is 2. The fourth-order valence-corrected chi connectivity index (χ4v) is 2.35. The van der Waals surface area contributed by atoms with Crippen molar-refractivity contribution in [3.63, 3.8) is 0 Å². The first kappa shape index (κ1) is 20.8. The van der Waals surface area contributed by atoms with E-state index in [0.29, 0.717) is 19.5 Å². The second-order valence-electron chi connectivity index (χ2n) is 5.80. The third kappa shape index (κ3) is 8.17. The van der Waals surface area contributed by atoms with Crippen LogP contribution in [0.15, 0.2) is 60.7 Å². The SMILES string of the molecule is FC(F)(F)Oc1ccccc1.[B]C1CCN(Cc2ccccc2)C(=O)CO1. The number of nitrogens with zero attached hydrogens (tertiary/aromatic N) is 1. The summed E-state index contributed by atoms with van der Waals surface area (Å²) in [7, 11) is 5.65. The molecule has 1 aliphatic rings. The van der Waals surface area contributed by atoms with Gasteiger partial charge in [-0.3, -0.25) is 4.79 Å². The van der Waals surface area contributed by atoms with Crippen LogP contribution in [0.1, 0.15) is 12.0 Å². The number of carbonyl (C=O) groups excluding carboxylic acids is 1. The van der Waals surface area contributed by atoms with Crippen LogP contribution in [0.3, 0.4) is 0 Å². The van der Waals surface area contributed by atoms with Crippen LogP contribution in [0.4, 0.5) is 13.2 Å². The number of benzene rings is 2. The molecule has 0 spiro atoms. The van der Waals surface area contributed by atoms with E-state index in [1.165, 1.54) is 24.3 Å². The zero-order valence-electron chi connectivity index (χ0n) is 14.6. The number of para-hydroxylation sites is 1. The molecule has 1 saturated heterocycles. The molecular weight excluding hydrogens is 358 g/mol. The van der Waals surface area contributed by atoms with Gasteiger partial charge in [-0.05, 0) is 24.1 Å². The van der Waals surface area contributed by atoms with Gasteiger partial charge in [0, 0.05) is 19.1 Å². The Balaban J connectivity index is 0.000000208. The highest BCUT2D eigenvalue weighted by atomic mass is 19.4. The lowest BCUT2D eigenvalue weighted by Crippen LogP contribution is -2.32. The van der Waals surface area contributed by atoms with Crippen molar-refractivity contribution in [1.82, 2.24) is 4.90 Å². The van der Waals surface area contributed by atoms with E-state index in [4.69, 9.17) is 12.6 Å². The number of halogens is 3. The van der Waals surface area contributed by atoms with Crippen molar-refractivity contribution < 1.29 is 27.4 Å². The summed E-state index contributed by atoms with van der Waals surface area (Å²) >= 11 is 0. The maximum atomic E-state index is 11.7. The largest absolute Gasteiger partial charge is 0.573 e.